The zero-order valence-electron chi connectivity index (χ0n) is 42.6. The molecule has 0 fully saturated rings. The highest BCUT2D eigenvalue weighted by atomic mass is 32.2. The summed E-state index contributed by atoms with van der Waals surface area (Å²) in [4.78, 5) is 27.2. The predicted molar refractivity (Wildman–Crippen MR) is 308 cm³/mol. The number of rotatable bonds is 20. The van der Waals surface area contributed by atoms with Gasteiger partial charge in [0.1, 0.15) is 13.5 Å². The number of anilines is 2. The van der Waals surface area contributed by atoms with Gasteiger partial charge in [0.2, 0.25) is 11.8 Å². The topological polar surface area (TPSA) is 112 Å². The van der Waals surface area contributed by atoms with E-state index in [2.05, 4.69) is 135 Å². The number of ether oxygens (including phenoxy) is 2. The van der Waals surface area contributed by atoms with Gasteiger partial charge in [0.15, 0.2) is 0 Å². The average molecular weight is 1030 g/mol. The van der Waals surface area contributed by atoms with Crippen LogP contribution in [0.2, 0.25) is 51.4 Å². The van der Waals surface area contributed by atoms with Crippen LogP contribution in [0.15, 0.2) is 165 Å². The van der Waals surface area contributed by atoms with E-state index < -0.39 is 16.1 Å². The maximum Gasteiger partial charge on any atom is 0.221 e. The minimum Gasteiger partial charge on any atom is -0.360 e. The number of amides is 2. The second kappa shape index (κ2) is 25.4. The van der Waals surface area contributed by atoms with Crippen LogP contribution in [0.3, 0.4) is 0 Å². The van der Waals surface area contributed by atoms with Crippen LogP contribution in [0, 0.1) is 0 Å². The summed E-state index contributed by atoms with van der Waals surface area (Å²) >= 11 is 3.32. The Morgan fingerprint density at radius 3 is 1.26 bits per heavy atom. The van der Waals surface area contributed by atoms with Gasteiger partial charge in [-0.2, -0.15) is 10.2 Å². The molecule has 2 aromatic heterocycles. The summed E-state index contributed by atoms with van der Waals surface area (Å²) in [6.45, 7) is 19.5. The van der Waals surface area contributed by atoms with Crippen molar-refractivity contribution in [3.05, 3.63) is 168 Å². The Morgan fingerprint density at radius 2 is 0.889 bits per heavy atom. The highest BCUT2D eigenvalue weighted by molar-refractivity contribution is 7.99. The summed E-state index contributed by atoms with van der Waals surface area (Å²) in [6.07, 6.45) is 8.32. The third kappa shape index (κ3) is 16.9. The normalized spacial score (nSPS) is 11.9. The molecular weight excluding hydrogens is 965 g/mol. The second-order valence-electron chi connectivity index (χ2n) is 19.9. The van der Waals surface area contributed by atoms with Crippen molar-refractivity contribution < 1.29 is 19.1 Å². The summed E-state index contributed by atoms with van der Waals surface area (Å²) in [5.41, 5.74) is 7.79. The number of benzene rings is 6. The van der Waals surface area contributed by atoms with Crippen LogP contribution in [0.5, 0.6) is 0 Å². The fraction of sp³-hybridized carbons (Fsp3) is 0.241. The van der Waals surface area contributed by atoms with Crippen LogP contribution in [0.1, 0.15) is 36.4 Å². The van der Waals surface area contributed by atoms with Gasteiger partial charge in [0, 0.05) is 84.9 Å². The van der Waals surface area contributed by atoms with Crippen molar-refractivity contribution in [2.75, 3.05) is 23.8 Å². The lowest BCUT2D eigenvalue weighted by atomic mass is 10.1. The van der Waals surface area contributed by atoms with Crippen molar-refractivity contribution >= 4 is 109 Å². The lowest BCUT2D eigenvalue weighted by molar-refractivity contribution is -0.115. The molecule has 8 rings (SSSR count). The molecule has 10 nitrogen and oxygen atoms in total. The Bertz CT molecular complexity index is 2930. The molecule has 0 aliphatic carbocycles. The van der Waals surface area contributed by atoms with E-state index in [0.29, 0.717) is 13.5 Å². The first-order valence-electron chi connectivity index (χ1n) is 24.3. The molecule has 0 aliphatic rings. The molecule has 0 aliphatic heterocycles. The molecule has 2 N–H and O–H groups in total. The van der Waals surface area contributed by atoms with Crippen molar-refractivity contribution in [1.29, 1.82) is 0 Å². The maximum atomic E-state index is 11.4. The molecular formula is C58H66N6O4S2Si2. The van der Waals surface area contributed by atoms with Crippen LogP contribution in [0.4, 0.5) is 11.4 Å². The molecule has 8 aromatic rings. The lowest BCUT2D eigenvalue weighted by Gasteiger charge is -2.15. The van der Waals surface area contributed by atoms with Gasteiger partial charge >= 0.3 is 0 Å². The predicted octanol–water partition coefficient (Wildman–Crippen LogP) is 15.3. The minimum atomic E-state index is -1.16. The summed E-state index contributed by atoms with van der Waals surface area (Å²) in [6, 6.07) is 51.4. The number of carbonyl (C=O) groups is 2. The molecule has 0 unspecified atom stereocenters. The number of nitrogens with zero attached hydrogens (tertiary/aromatic N) is 4. The minimum absolute atomic E-state index is 0.0762. The summed E-state index contributed by atoms with van der Waals surface area (Å²) in [7, 11) is -2.31. The molecule has 6 aromatic carbocycles. The highest BCUT2D eigenvalue weighted by Gasteiger charge is 2.16. The molecule has 0 saturated carbocycles. The van der Waals surface area contributed by atoms with Gasteiger partial charge in [0.25, 0.3) is 0 Å². The SMILES string of the molecule is CC(=O)Nc1cccc(Sc2ccc3c(/C=C/c4ccccc4)nn(COCC[Si](C)(C)C)c3c2)c1.CC(=O)Nc1cccc(Sc2ccc3c(/C=C/c4ccccc4)nn(COCC[Si](C)(C)C)c3c2)c1. The van der Waals surface area contributed by atoms with Crippen molar-refractivity contribution in [2.45, 2.75) is 98.3 Å². The van der Waals surface area contributed by atoms with E-state index >= 15 is 0 Å². The highest BCUT2D eigenvalue weighted by Crippen LogP contribution is 2.35. The molecule has 0 radical (unpaired) electrons. The molecule has 2 heterocycles. The zero-order valence-corrected chi connectivity index (χ0v) is 46.3. The Labute approximate surface area is 435 Å². The molecule has 0 atom stereocenters. The molecule has 0 bridgehead atoms. The number of nitrogens with one attached hydrogen (secondary N) is 2. The van der Waals surface area contributed by atoms with E-state index in [9.17, 15) is 9.59 Å². The van der Waals surface area contributed by atoms with Gasteiger partial charge in [-0.25, -0.2) is 9.36 Å². The molecule has 14 heteroatoms. The smallest absolute Gasteiger partial charge is 0.221 e. The number of hydrogen-bond donors (Lipinski definition) is 2. The first-order valence-corrected chi connectivity index (χ1v) is 33.3. The van der Waals surface area contributed by atoms with E-state index in [1.54, 1.807) is 23.5 Å². The molecule has 0 saturated heterocycles. The Morgan fingerprint density at radius 1 is 0.500 bits per heavy atom. The van der Waals surface area contributed by atoms with Gasteiger partial charge in [0.05, 0.1) is 22.4 Å². The van der Waals surface area contributed by atoms with Gasteiger partial charge in [-0.05, 0) is 108 Å². The van der Waals surface area contributed by atoms with Gasteiger partial charge in [-0.15, -0.1) is 0 Å². The fourth-order valence-corrected chi connectivity index (χ4v) is 10.8. The van der Waals surface area contributed by atoms with Crippen LogP contribution in [-0.4, -0.2) is 60.7 Å². The van der Waals surface area contributed by atoms with E-state index in [1.807, 2.05) is 94.3 Å². The molecule has 72 heavy (non-hydrogen) atoms. The number of fused-ring (bicyclic) bond motifs is 2. The van der Waals surface area contributed by atoms with Crippen LogP contribution >= 0.6 is 23.5 Å². The molecule has 2 amide bonds. The van der Waals surface area contributed by atoms with Gasteiger partial charge < -0.3 is 20.1 Å². The lowest BCUT2D eigenvalue weighted by Crippen LogP contribution is -2.22. The zero-order chi connectivity index (χ0) is 51.1. The van der Waals surface area contributed by atoms with Crippen molar-refractivity contribution in [3.8, 4) is 0 Å². The molecule has 0 spiro atoms. The van der Waals surface area contributed by atoms with Crippen LogP contribution in [-0.2, 0) is 32.5 Å². The second-order valence-corrected chi connectivity index (χ2v) is 33.5. The standard InChI is InChI=1S/2C29H33N3O2SSi/c2*1-22(33)30-24-11-8-12-25(19-24)35-26-14-15-27-28(16-13-23-9-6-5-7-10-23)31-32(29(27)20-26)21-34-17-18-36(2,3)4/h2*5-16,19-20H,17-18,21H2,1-4H3,(H,30,33)/b2*16-13+. The summed E-state index contributed by atoms with van der Waals surface area (Å²) < 4.78 is 16.0. The van der Waals surface area contributed by atoms with Crippen molar-refractivity contribution in [1.82, 2.24) is 19.6 Å². The largest absolute Gasteiger partial charge is 0.360 e. The maximum absolute atomic E-state index is 11.4. The third-order valence-electron chi connectivity index (χ3n) is 11.2. The average Bonchev–Trinajstić information content (AvgIpc) is 3.86. The van der Waals surface area contributed by atoms with E-state index in [-0.39, 0.29) is 11.8 Å². The van der Waals surface area contributed by atoms with E-state index in [4.69, 9.17) is 19.7 Å². The monoisotopic (exact) mass is 1030 g/mol. The Kier molecular flexibility index (Phi) is 18.9. The fourth-order valence-electron chi connectivity index (χ4n) is 7.42. The summed E-state index contributed by atoms with van der Waals surface area (Å²) in [5.74, 6) is -0.152. The number of hydrogen-bond acceptors (Lipinski definition) is 8. The first-order chi connectivity index (χ1) is 34.5. The number of carbonyl (C=O) groups excluding carboxylic acids is 2. The molecule has 372 valence electrons. The van der Waals surface area contributed by atoms with Crippen LogP contribution in [0.25, 0.3) is 46.1 Å². The van der Waals surface area contributed by atoms with E-state index in [0.717, 1.165) is 101 Å². The third-order valence-corrected chi connectivity index (χ3v) is 16.5. The Balaban J connectivity index is 0.000000211. The van der Waals surface area contributed by atoms with Crippen molar-refractivity contribution in [3.63, 3.8) is 0 Å². The van der Waals surface area contributed by atoms with Crippen molar-refractivity contribution in [2.24, 2.45) is 0 Å². The summed E-state index contributed by atoms with van der Waals surface area (Å²) in [5, 5.41) is 17.7. The van der Waals surface area contributed by atoms with Gasteiger partial charge in [-0.1, -0.05) is 148 Å². The Hall–Kier alpha value is -6.27. The van der Waals surface area contributed by atoms with E-state index in [1.165, 1.54) is 13.8 Å². The van der Waals surface area contributed by atoms with Gasteiger partial charge in [-0.3, -0.25) is 9.59 Å². The first kappa shape index (κ1) is 53.5. The number of aromatic nitrogens is 4. The quantitative estimate of drug-likeness (QED) is 0.0573. The van der Waals surface area contributed by atoms with Crippen LogP contribution < -0.4 is 10.6 Å².